The molecule has 1 aliphatic rings. The third-order valence-corrected chi connectivity index (χ3v) is 4.33. The fraction of sp³-hybridized carbons (Fsp3) is 0.750. The lowest BCUT2D eigenvalue weighted by Crippen LogP contribution is -2.62. The first-order valence-electron chi connectivity index (χ1n) is 6.10. The van der Waals surface area contributed by atoms with Crippen molar-refractivity contribution in [2.24, 2.45) is 5.73 Å². The molecule has 0 aromatic carbocycles. The standard InChI is InChI=1S/C12H21N3OS/c1-3-16-11-4-12(5-11,8-13)15(2)6-10-7-17-9-14-10/h7,9,11H,3-6,8,13H2,1-2H3. The molecule has 1 heterocycles. The van der Waals surface area contributed by atoms with Crippen LogP contribution in [-0.4, -0.2) is 41.7 Å². The Morgan fingerprint density at radius 2 is 2.41 bits per heavy atom. The van der Waals surface area contributed by atoms with E-state index in [0.717, 1.165) is 31.7 Å². The second-order valence-electron chi connectivity index (χ2n) is 4.75. The van der Waals surface area contributed by atoms with Crippen LogP contribution in [0.5, 0.6) is 0 Å². The molecule has 0 spiro atoms. The van der Waals surface area contributed by atoms with Crippen molar-refractivity contribution in [1.82, 2.24) is 9.88 Å². The highest BCUT2D eigenvalue weighted by Gasteiger charge is 2.46. The smallest absolute Gasteiger partial charge is 0.0795 e. The summed E-state index contributed by atoms with van der Waals surface area (Å²) in [6.45, 7) is 4.40. The maximum Gasteiger partial charge on any atom is 0.0795 e. The lowest BCUT2D eigenvalue weighted by atomic mass is 9.73. The van der Waals surface area contributed by atoms with E-state index in [1.807, 2.05) is 12.4 Å². The molecule has 0 radical (unpaired) electrons. The lowest BCUT2D eigenvalue weighted by Gasteiger charge is -2.52. The van der Waals surface area contributed by atoms with Crippen molar-refractivity contribution in [3.05, 3.63) is 16.6 Å². The minimum Gasteiger partial charge on any atom is -0.378 e. The molecular formula is C12H21N3OS. The number of thiazole rings is 1. The predicted octanol–water partition coefficient (Wildman–Crippen LogP) is 1.47. The van der Waals surface area contributed by atoms with Crippen LogP contribution in [0.1, 0.15) is 25.5 Å². The molecule has 0 atom stereocenters. The van der Waals surface area contributed by atoms with Gasteiger partial charge in [-0.2, -0.15) is 0 Å². The van der Waals surface area contributed by atoms with Gasteiger partial charge >= 0.3 is 0 Å². The van der Waals surface area contributed by atoms with Crippen LogP contribution in [0.4, 0.5) is 0 Å². The zero-order valence-corrected chi connectivity index (χ0v) is 11.4. The predicted molar refractivity (Wildman–Crippen MR) is 70.0 cm³/mol. The van der Waals surface area contributed by atoms with Crippen LogP contribution in [0.2, 0.25) is 0 Å². The Labute approximate surface area is 107 Å². The molecule has 1 aliphatic carbocycles. The molecule has 0 bridgehead atoms. The summed E-state index contributed by atoms with van der Waals surface area (Å²) in [7, 11) is 2.13. The van der Waals surface area contributed by atoms with Crippen molar-refractivity contribution in [2.45, 2.75) is 38.0 Å². The van der Waals surface area contributed by atoms with Gasteiger partial charge in [-0.05, 0) is 26.8 Å². The molecule has 17 heavy (non-hydrogen) atoms. The summed E-state index contributed by atoms with van der Waals surface area (Å²) in [5, 5.41) is 2.10. The number of rotatable bonds is 6. The molecule has 1 fully saturated rings. The van der Waals surface area contributed by atoms with Crippen molar-refractivity contribution >= 4 is 11.3 Å². The van der Waals surface area contributed by atoms with E-state index in [1.165, 1.54) is 0 Å². The molecule has 2 N–H and O–H groups in total. The summed E-state index contributed by atoms with van der Waals surface area (Å²) in [6, 6.07) is 0. The van der Waals surface area contributed by atoms with E-state index in [4.69, 9.17) is 10.5 Å². The van der Waals surface area contributed by atoms with Crippen LogP contribution in [0.3, 0.4) is 0 Å². The van der Waals surface area contributed by atoms with Crippen LogP contribution >= 0.6 is 11.3 Å². The first-order valence-corrected chi connectivity index (χ1v) is 7.04. The Morgan fingerprint density at radius 1 is 1.65 bits per heavy atom. The van der Waals surface area contributed by atoms with Gasteiger partial charge in [0.15, 0.2) is 0 Å². The molecule has 0 aliphatic heterocycles. The SMILES string of the molecule is CCOC1CC(CN)(N(C)Cc2cscn2)C1. The van der Waals surface area contributed by atoms with E-state index in [9.17, 15) is 0 Å². The van der Waals surface area contributed by atoms with Crippen molar-refractivity contribution in [3.63, 3.8) is 0 Å². The monoisotopic (exact) mass is 255 g/mol. The number of aromatic nitrogens is 1. The van der Waals surface area contributed by atoms with Gasteiger partial charge < -0.3 is 10.5 Å². The second-order valence-corrected chi connectivity index (χ2v) is 5.47. The van der Waals surface area contributed by atoms with Crippen molar-refractivity contribution in [1.29, 1.82) is 0 Å². The minimum absolute atomic E-state index is 0.115. The maximum atomic E-state index is 5.94. The fourth-order valence-corrected chi connectivity index (χ4v) is 3.05. The molecule has 5 heteroatoms. The lowest BCUT2D eigenvalue weighted by molar-refractivity contribution is -0.0950. The van der Waals surface area contributed by atoms with Crippen LogP contribution < -0.4 is 5.73 Å². The quantitative estimate of drug-likeness (QED) is 0.836. The van der Waals surface area contributed by atoms with Gasteiger partial charge in [0.25, 0.3) is 0 Å². The number of hydrogen-bond acceptors (Lipinski definition) is 5. The Morgan fingerprint density at radius 3 is 2.94 bits per heavy atom. The maximum absolute atomic E-state index is 5.94. The van der Waals surface area contributed by atoms with Crippen LogP contribution in [-0.2, 0) is 11.3 Å². The molecule has 1 saturated carbocycles. The Bertz CT molecular complexity index is 336. The van der Waals surface area contributed by atoms with Crippen molar-refractivity contribution < 1.29 is 4.74 Å². The number of ether oxygens (including phenoxy) is 1. The molecule has 1 aromatic rings. The fourth-order valence-electron chi connectivity index (χ4n) is 2.50. The summed E-state index contributed by atoms with van der Waals surface area (Å²) in [5.74, 6) is 0. The van der Waals surface area contributed by atoms with Gasteiger partial charge in [0.05, 0.1) is 17.3 Å². The second kappa shape index (κ2) is 5.44. The van der Waals surface area contributed by atoms with E-state index in [-0.39, 0.29) is 5.54 Å². The summed E-state index contributed by atoms with van der Waals surface area (Å²) in [4.78, 5) is 6.65. The van der Waals surface area contributed by atoms with Crippen LogP contribution in [0, 0.1) is 0 Å². The van der Waals surface area contributed by atoms with Gasteiger partial charge in [-0.15, -0.1) is 11.3 Å². The largest absolute Gasteiger partial charge is 0.378 e. The number of nitrogens with two attached hydrogens (primary N) is 1. The average molecular weight is 255 g/mol. The van der Waals surface area contributed by atoms with E-state index in [1.54, 1.807) is 11.3 Å². The van der Waals surface area contributed by atoms with E-state index in [0.29, 0.717) is 12.6 Å². The van der Waals surface area contributed by atoms with Crippen LogP contribution in [0.15, 0.2) is 10.9 Å². The molecule has 96 valence electrons. The average Bonchev–Trinajstić information content (AvgIpc) is 2.75. The van der Waals surface area contributed by atoms with E-state index < -0.39 is 0 Å². The number of hydrogen-bond donors (Lipinski definition) is 1. The molecule has 0 amide bonds. The number of nitrogens with zero attached hydrogens (tertiary/aromatic N) is 2. The summed E-state index contributed by atoms with van der Waals surface area (Å²) in [5.41, 5.74) is 9.06. The zero-order chi connectivity index (χ0) is 12.3. The molecule has 4 nitrogen and oxygen atoms in total. The Kier molecular flexibility index (Phi) is 4.14. The first-order chi connectivity index (χ1) is 8.20. The highest BCUT2D eigenvalue weighted by Crippen LogP contribution is 2.39. The molecule has 1 aromatic heterocycles. The number of likely N-dealkylation sites (N-methyl/N-ethyl adjacent to an activating group) is 1. The van der Waals surface area contributed by atoms with Crippen molar-refractivity contribution in [2.75, 3.05) is 20.2 Å². The van der Waals surface area contributed by atoms with Gasteiger partial charge in [-0.25, -0.2) is 4.98 Å². The molecule has 0 saturated heterocycles. The third kappa shape index (κ3) is 2.68. The topological polar surface area (TPSA) is 51.4 Å². The zero-order valence-electron chi connectivity index (χ0n) is 10.6. The molecular weight excluding hydrogens is 234 g/mol. The van der Waals surface area contributed by atoms with E-state index in [2.05, 4.69) is 22.3 Å². The first kappa shape index (κ1) is 13.0. The third-order valence-electron chi connectivity index (χ3n) is 3.69. The van der Waals surface area contributed by atoms with Crippen LogP contribution in [0.25, 0.3) is 0 Å². The highest BCUT2D eigenvalue weighted by atomic mass is 32.1. The van der Waals surface area contributed by atoms with Gasteiger partial charge in [0, 0.05) is 30.6 Å². The Balaban J connectivity index is 1.91. The van der Waals surface area contributed by atoms with Gasteiger partial charge in [0.2, 0.25) is 0 Å². The van der Waals surface area contributed by atoms with Crippen molar-refractivity contribution in [3.8, 4) is 0 Å². The summed E-state index contributed by atoms with van der Waals surface area (Å²) < 4.78 is 5.62. The van der Waals surface area contributed by atoms with E-state index >= 15 is 0 Å². The van der Waals surface area contributed by atoms with Gasteiger partial charge in [0.1, 0.15) is 0 Å². The normalized spacial score (nSPS) is 28.4. The summed E-state index contributed by atoms with van der Waals surface area (Å²) >= 11 is 1.64. The van der Waals surface area contributed by atoms with Gasteiger partial charge in [-0.1, -0.05) is 0 Å². The highest BCUT2D eigenvalue weighted by molar-refractivity contribution is 7.07. The molecule has 0 unspecified atom stereocenters. The molecule has 2 rings (SSSR count). The van der Waals surface area contributed by atoms with Gasteiger partial charge in [-0.3, -0.25) is 4.90 Å². The Hall–Kier alpha value is -0.490. The summed E-state index contributed by atoms with van der Waals surface area (Å²) in [6.07, 6.45) is 2.47. The minimum atomic E-state index is 0.115.